The summed E-state index contributed by atoms with van der Waals surface area (Å²) in [5, 5.41) is 23.4. The fourth-order valence-corrected chi connectivity index (χ4v) is 3.91. The molecule has 10 heteroatoms. The van der Waals surface area contributed by atoms with E-state index in [1.165, 1.54) is 12.1 Å². The molecule has 0 atom stereocenters. The van der Waals surface area contributed by atoms with Crippen LogP contribution in [-0.2, 0) is 20.7 Å². The molecular weight excluding hydrogens is 467 g/mol. The van der Waals surface area contributed by atoms with Gasteiger partial charge < -0.3 is 30.1 Å². The number of halogens is 1. The fourth-order valence-electron chi connectivity index (χ4n) is 3.91. The summed E-state index contributed by atoms with van der Waals surface area (Å²) < 4.78 is 24.6. The van der Waals surface area contributed by atoms with Crippen molar-refractivity contribution in [2.24, 2.45) is 0 Å². The number of nitrogens with one attached hydrogen (secondary N) is 2. The number of carboxylic acids is 1. The standard InChI is InChI=1S/C24H27FN4O4.C2H6O/c1-2-29(19-9-11-33-12-10-19)22-14-20(25)17(5-8-23(30)31)13-21(22)28-24(32)27-18-6-3-16(15-26)4-7-18;1-3-2/h3-4,6-7,13-14,19H,2,5,8-12H2,1H3,(H,30,31)(H2,27,28,32);1-2H3. The zero-order valence-corrected chi connectivity index (χ0v) is 20.8. The van der Waals surface area contributed by atoms with Gasteiger partial charge in [-0.2, -0.15) is 5.26 Å². The molecule has 1 aliphatic heterocycles. The van der Waals surface area contributed by atoms with Crippen LogP contribution in [0.2, 0.25) is 0 Å². The molecule has 9 nitrogen and oxygen atoms in total. The van der Waals surface area contributed by atoms with Gasteiger partial charge in [0, 0.05) is 52.1 Å². The molecule has 2 amide bonds. The summed E-state index contributed by atoms with van der Waals surface area (Å²) in [6, 6.07) is 10.9. The van der Waals surface area contributed by atoms with Gasteiger partial charge in [0.2, 0.25) is 0 Å². The monoisotopic (exact) mass is 500 g/mol. The second-order valence-corrected chi connectivity index (χ2v) is 8.16. The van der Waals surface area contributed by atoms with Crippen LogP contribution < -0.4 is 15.5 Å². The van der Waals surface area contributed by atoms with E-state index in [0.29, 0.717) is 42.4 Å². The highest BCUT2D eigenvalue weighted by molar-refractivity contribution is 6.02. The van der Waals surface area contributed by atoms with Crippen LogP contribution in [0.15, 0.2) is 36.4 Å². The fraction of sp³-hybridized carbons (Fsp3) is 0.423. The first-order chi connectivity index (χ1) is 17.3. The molecule has 0 aromatic heterocycles. The van der Waals surface area contributed by atoms with E-state index in [-0.39, 0.29) is 24.4 Å². The Morgan fingerprint density at radius 1 is 1.19 bits per heavy atom. The third-order valence-electron chi connectivity index (χ3n) is 5.57. The van der Waals surface area contributed by atoms with Crippen LogP contribution in [0.1, 0.15) is 37.3 Å². The van der Waals surface area contributed by atoms with E-state index < -0.39 is 17.8 Å². The molecule has 2 aromatic carbocycles. The van der Waals surface area contributed by atoms with Crippen LogP contribution in [0.25, 0.3) is 0 Å². The highest BCUT2D eigenvalue weighted by atomic mass is 19.1. The first kappa shape index (κ1) is 28.6. The Morgan fingerprint density at radius 2 is 1.83 bits per heavy atom. The molecule has 3 N–H and O–H groups in total. The molecule has 1 saturated heterocycles. The van der Waals surface area contributed by atoms with Crippen molar-refractivity contribution >= 4 is 29.1 Å². The molecule has 194 valence electrons. The highest BCUT2D eigenvalue weighted by Crippen LogP contribution is 2.33. The third-order valence-corrected chi connectivity index (χ3v) is 5.57. The number of rotatable bonds is 8. The van der Waals surface area contributed by atoms with Crippen LogP contribution in [0, 0.1) is 17.1 Å². The van der Waals surface area contributed by atoms with E-state index in [9.17, 15) is 14.0 Å². The minimum Gasteiger partial charge on any atom is -0.481 e. The molecular formula is C26H33FN4O5. The molecule has 0 radical (unpaired) electrons. The number of hydrogen-bond donors (Lipinski definition) is 3. The molecule has 0 saturated carbocycles. The van der Waals surface area contributed by atoms with Crippen molar-refractivity contribution in [1.82, 2.24) is 0 Å². The lowest BCUT2D eigenvalue weighted by atomic mass is 10.0. The second kappa shape index (κ2) is 14.7. The zero-order chi connectivity index (χ0) is 26.5. The van der Waals surface area contributed by atoms with Gasteiger partial charge in [-0.1, -0.05) is 0 Å². The number of carboxylic acid groups (broad SMARTS) is 1. The normalized spacial score (nSPS) is 13.1. The number of benzene rings is 2. The molecule has 1 heterocycles. The Bertz CT molecular complexity index is 1050. The number of ether oxygens (including phenoxy) is 2. The molecule has 0 bridgehead atoms. The van der Waals surface area contributed by atoms with Gasteiger partial charge in [-0.05, 0) is 68.1 Å². The Morgan fingerprint density at radius 3 is 2.39 bits per heavy atom. The number of carbonyl (C=O) groups is 2. The van der Waals surface area contributed by atoms with E-state index in [4.69, 9.17) is 15.1 Å². The van der Waals surface area contributed by atoms with Crippen molar-refractivity contribution < 1.29 is 28.6 Å². The van der Waals surface area contributed by atoms with E-state index in [2.05, 4.69) is 15.4 Å². The average Bonchev–Trinajstić information content (AvgIpc) is 2.86. The van der Waals surface area contributed by atoms with Crippen LogP contribution in [0.3, 0.4) is 0 Å². The van der Waals surface area contributed by atoms with Crippen LogP contribution in [0.5, 0.6) is 0 Å². The minimum absolute atomic E-state index is 0.0107. The number of anilines is 3. The SMILES string of the molecule is CCN(c1cc(F)c(CCC(=O)O)cc1NC(=O)Nc1ccc(C#N)cc1)C1CCOCC1.COC. The van der Waals surface area contributed by atoms with Gasteiger partial charge >= 0.3 is 12.0 Å². The number of methoxy groups -OCH3 is 1. The Balaban J connectivity index is 0.00000145. The number of nitriles is 1. The summed E-state index contributed by atoms with van der Waals surface area (Å²) in [5.41, 5.74) is 2.13. The predicted octanol–water partition coefficient (Wildman–Crippen LogP) is 4.63. The first-order valence-corrected chi connectivity index (χ1v) is 11.7. The molecule has 0 unspecified atom stereocenters. The summed E-state index contributed by atoms with van der Waals surface area (Å²) in [6.45, 7) is 3.79. The molecule has 3 rings (SSSR count). The van der Waals surface area contributed by atoms with Crippen molar-refractivity contribution in [2.75, 3.05) is 49.5 Å². The van der Waals surface area contributed by atoms with E-state index in [1.54, 1.807) is 38.5 Å². The Kier molecular flexibility index (Phi) is 11.6. The number of aryl methyl sites for hydroxylation is 1. The number of urea groups is 1. The van der Waals surface area contributed by atoms with Crippen molar-refractivity contribution in [3.8, 4) is 6.07 Å². The number of hydrogen-bond acceptors (Lipinski definition) is 6. The summed E-state index contributed by atoms with van der Waals surface area (Å²) in [4.78, 5) is 25.8. The van der Waals surface area contributed by atoms with Gasteiger partial charge in [0.1, 0.15) is 5.82 Å². The van der Waals surface area contributed by atoms with Gasteiger partial charge in [0.05, 0.1) is 23.0 Å². The summed E-state index contributed by atoms with van der Waals surface area (Å²) in [7, 11) is 3.25. The largest absolute Gasteiger partial charge is 0.481 e. The summed E-state index contributed by atoms with van der Waals surface area (Å²) in [5.74, 6) is -1.53. The molecule has 2 aromatic rings. The highest BCUT2D eigenvalue weighted by Gasteiger charge is 2.25. The van der Waals surface area contributed by atoms with Gasteiger partial charge in [-0.15, -0.1) is 0 Å². The van der Waals surface area contributed by atoms with Crippen LogP contribution in [0.4, 0.5) is 26.2 Å². The van der Waals surface area contributed by atoms with Crippen molar-refractivity contribution in [3.63, 3.8) is 0 Å². The van der Waals surface area contributed by atoms with Gasteiger partial charge in [0.25, 0.3) is 0 Å². The van der Waals surface area contributed by atoms with E-state index in [0.717, 1.165) is 12.8 Å². The lowest BCUT2D eigenvalue weighted by molar-refractivity contribution is -0.136. The van der Waals surface area contributed by atoms with Crippen molar-refractivity contribution in [1.29, 1.82) is 5.26 Å². The van der Waals surface area contributed by atoms with Gasteiger partial charge in [-0.3, -0.25) is 4.79 Å². The smallest absolute Gasteiger partial charge is 0.323 e. The first-order valence-electron chi connectivity index (χ1n) is 11.7. The lowest BCUT2D eigenvalue weighted by Gasteiger charge is -2.36. The molecule has 36 heavy (non-hydrogen) atoms. The van der Waals surface area contributed by atoms with E-state index >= 15 is 0 Å². The Labute approximate surface area is 210 Å². The second-order valence-electron chi connectivity index (χ2n) is 8.16. The maximum atomic E-state index is 14.9. The lowest BCUT2D eigenvalue weighted by Crippen LogP contribution is -2.40. The maximum Gasteiger partial charge on any atom is 0.323 e. The average molecular weight is 501 g/mol. The van der Waals surface area contributed by atoms with Crippen LogP contribution >= 0.6 is 0 Å². The molecule has 0 aliphatic carbocycles. The molecule has 1 aliphatic rings. The molecule has 0 spiro atoms. The summed E-state index contributed by atoms with van der Waals surface area (Å²) >= 11 is 0. The quantitative estimate of drug-likeness (QED) is 0.483. The summed E-state index contributed by atoms with van der Waals surface area (Å²) in [6.07, 6.45) is 1.36. The van der Waals surface area contributed by atoms with E-state index in [1.807, 2.05) is 17.9 Å². The zero-order valence-electron chi connectivity index (χ0n) is 20.8. The van der Waals surface area contributed by atoms with Crippen molar-refractivity contribution in [3.05, 3.63) is 53.3 Å². The minimum atomic E-state index is -1.02. The third kappa shape index (κ3) is 8.52. The van der Waals surface area contributed by atoms with Gasteiger partial charge in [0.15, 0.2) is 0 Å². The number of amides is 2. The topological polar surface area (TPSA) is 124 Å². The number of nitrogens with zero attached hydrogens (tertiary/aromatic N) is 2. The van der Waals surface area contributed by atoms with Crippen LogP contribution in [-0.4, -0.2) is 57.1 Å². The van der Waals surface area contributed by atoms with Crippen molar-refractivity contribution in [2.45, 2.75) is 38.6 Å². The molecule has 1 fully saturated rings. The van der Waals surface area contributed by atoms with Gasteiger partial charge in [-0.25, -0.2) is 9.18 Å². The Hall–Kier alpha value is -3.68. The predicted molar refractivity (Wildman–Crippen MR) is 136 cm³/mol. The maximum absolute atomic E-state index is 14.9. The number of carbonyl (C=O) groups excluding carboxylic acids is 1. The number of aliphatic carboxylic acids is 1.